The molecular weight excluding hydrogens is 284 g/mol. The SMILES string of the molecule is [NH3+][C@@H](Cc1cnc[nH]1)C(=O)N[C@@H](Cc1ccccc1)C(=O)[O-]. The van der Waals surface area contributed by atoms with Crippen LogP contribution in [0.25, 0.3) is 0 Å². The molecule has 0 aliphatic heterocycles. The van der Waals surface area contributed by atoms with E-state index in [1.807, 2.05) is 18.2 Å². The molecule has 0 spiro atoms. The highest BCUT2D eigenvalue weighted by Gasteiger charge is 2.22. The Bertz CT molecular complexity index is 613. The maximum Gasteiger partial charge on any atom is 0.279 e. The normalized spacial score (nSPS) is 13.3. The number of aliphatic carboxylic acids is 1. The number of benzene rings is 1. The Morgan fingerprint density at radius 2 is 2.00 bits per heavy atom. The molecule has 1 aromatic heterocycles. The molecular formula is C15H18N4O3. The molecule has 0 radical (unpaired) electrons. The van der Waals surface area contributed by atoms with Crippen LogP contribution < -0.4 is 16.2 Å². The number of hydrogen-bond donors (Lipinski definition) is 3. The number of carboxylic acid groups (broad SMARTS) is 1. The molecule has 2 atom stereocenters. The van der Waals surface area contributed by atoms with Crippen LogP contribution >= 0.6 is 0 Å². The highest BCUT2D eigenvalue weighted by atomic mass is 16.4. The number of H-pyrrole nitrogens is 1. The molecule has 22 heavy (non-hydrogen) atoms. The van der Waals surface area contributed by atoms with Crippen molar-refractivity contribution in [3.8, 4) is 0 Å². The van der Waals surface area contributed by atoms with Crippen LogP contribution in [0.4, 0.5) is 0 Å². The Kier molecular flexibility index (Phi) is 5.26. The van der Waals surface area contributed by atoms with Gasteiger partial charge >= 0.3 is 0 Å². The van der Waals surface area contributed by atoms with Gasteiger partial charge in [0.1, 0.15) is 0 Å². The lowest BCUT2D eigenvalue weighted by molar-refractivity contribution is -0.403. The molecule has 7 nitrogen and oxygen atoms in total. The fourth-order valence-electron chi connectivity index (χ4n) is 2.09. The number of hydrogen-bond acceptors (Lipinski definition) is 4. The van der Waals surface area contributed by atoms with Gasteiger partial charge in [-0.1, -0.05) is 30.3 Å². The lowest BCUT2D eigenvalue weighted by Crippen LogP contribution is -2.70. The topological polar surface area (TPSA) is 126 Å². The molecule has 1 aromatic carbocycles. The van der Waals surface area contributed by atoms with E-state index in [1.165, 1.54) is 6.33 Å². The van der Waals surface area contributed by atoms with Crippen LogP contribution in [0.1, 0.15) is 11.3 Å². The van der Waals surface area contributed by atoms with Crippen LogP contribution in [0, 0.1) is 0 Å². The Morgan fingerprint density at radius 1 is 1.27 bits per heavy atom. The number of nitrogens with one attached hydrogen (secondary N) is 2. The Hall–Kier alpha value is -2.67. The quantitative estimate of drug-likeness (QED) is 0.549. The summed E-state index contributed by atoms with van der Waals surface area (Å²) in [6.07, 6.45) is 3.65. The predicted molar refractivity (Wildman–Crippen MR) is 76.1 cm³/mol. The highest BCUT2D eigenvalue weighted by Crippen LogP contribution is 2.03. The van der Waals surface area contributed by atoms with Crippen LogP contribution in [0.2, 0.25) is 0 Å². The van der Waals surface area contributed by atoms with Gasteiger partial charge in [-0.3, -0.25) is 4.79 Å². The van der Waals surface area contributed by atoms with Crippen molar-refractivity contribution in [3.63, 3.8) is 0 Å². The summed E-state index contributed by atoms with van der Waals surface area (Å²) in [5.74, 6) is -1.74. The summed E-state index contributed by atoms with van der Waals surface area (Å²) in [5, 5.41) is 13.7. The number of aromatic nitrogens is 2. The molecule has 1 heterocycles. The Morgan fingerprint density at radius 3 is 2.59 bits per heavy atom. The highest BCUT2D eigenvalue weighted by molar-refractivity contribution is 5.85. The third kappa shape index (κ3) is 4.42. The van der Waals surface area contributed by atoms with Crippen molar-refractivity contribution in [1.82, 2.24) is 15.3 Å². The van der Waals surface area contributed by atoms with Gasteiger partial charge in [-0.15, -0.1) is 0 Å². The zero-order chi connectivity index (χ0) is 15.9. The van der Waals surface area contributed by atoms with Gasteiger partial charge in [0, 0.05) is 11.9 Å². The molecule has 0 aliphatic carbocycles. The minimum atomic E-state index is -1.31. The first-order chi connectivity index (χ1) is 10.6. The predicted octanol–water partition coefficient (Wildman–Crippen LogP) is -1.96. The number of carbonyl (C=O) groups excluding carboxylic acids is 2. The van der Waals surface area contributed by atoms with Crippen LogP contribution in [0.5, 0.6) is 0 Å². The lowest BCUT2D eigenvalue weighted by Gasteiger charge is -2.20. The average molecular weight is 302 g/mol. The minimum absolute atomic E-state index is 0.172. The zero-order valence-electron chi connectivity index (χ0n) is 12.0. The largest absolute Gasteiger partial charge is 0.548 e. The second-order valence-corrected chi connectivity index (χ2v) is 5.05. The minimum Gasteiger partial charge on any atom is -0.548 e. The summed E-state index contributed by atoms with van der Waals surface area (Å²) in [6, 6.07) is 7.37. The monoisotopic (exact) mass is 302 g/mol. The molecule has 0 fully saturated rings. The molecule has 7 heteroatoms. The fraction of sp³-hybridized carbons (Fsp3) is 0.267. The lowest BCUT2D eigenvalue weighted by atomic mass is 10.1. The standard InChI is InChI=1S/C15H18N4O3/c16-12(7-11-8-17-9-18-11)14(20)19-13(15(21)22)6-10-4-2-1-3-5-10/h1-5,8-9,12-13H,6-7,16H2,(H,17,18)(H,19,20)(H,21,22)/t12-,13-/m0/s1. The van der Waals surface area contributed by atoms with E-state index < -0.39 is 24.0 Å². The molecule has 116 valence electrons. The fourth-order valence-corrected chi connectivity index (χ4v) is 2.09. The number of rotatable bonds is 7. The summed E-state index contributed by atoms with van der Waals surface area (Å²) in [4.78, 5) is 30.0. The van der Waals surface area contributed by atoms with E-state index in [1.54, 1.807) is 18.3 Å². The number of aromatic amines is 1. The van der Waals surface area contributed by atoms with Crippen molar-refractivity contribution < 1.29 is 20.4 Å². The molecule has 5 N–H and O–H groups in total. The van der Waals surface area contributed by atoms with Gasteiger partial charge in [-0.25, -0.2) is 4.98 Å². The maximum absolute atomic E-state index is 12.1. The van der Waals surface area contributed by atoms with Gasteiger partial charge in [0.2, 0.25) is 0 Å². The first-order valence-corrected chi connectivity index (χ1v) is 6.91. The van der Waals surface area contributed by atoms with Crippen LogP contribution in [0.15, 0.2) is 42.9 Å². The van der Waals surface area contributed by atoms with Gasteiger partial charge in [-0.2, -0.15) is 0 Å². The molecule has 0 saturated carbocycles. The second kappa shape index (κ2) is 7.37. The smallest absolute Gasteiger partial charge is 0.279 e. The van der Waals surface area contributed by atoms with Crippen molar-refractivity contribution in [1.29, 1.82) is 0 Å². The van der Waals surface area contributed by atoms with Gasteiger partial charge < -0.3 is 25.9 Å². The molecule has 0 saturated heterocycles. The van der Waals surface area contributed by atoms with E-state index in [9.17, 15) is 14.7 Å². The Labute approximate surface area is 127 Å². The van der Waals surface area contributed by atoms with E-state index in [4.69, 9.17) is 0 Å². The van der Waals surface area contributed by atoms with Crippen LogP contribution in [-0.2, 0) is 22.4 Å². The number of amides is 1. The molecule has 0 unspecified atom stereocenters. The Balaban J connectivity index is 1.95. The van der Waals surface area contributed by atoms with Crippen molar-refractivity contribution in [3.05, 3.63) is 54.1 Å². The van der Waals surface area contributed by atoms with E-state index >= 15 is 0 Å². The van der Waals surface area contributed by atoms with E-state index in [-0.39, 0.29) is 6.42 Å². The number of quaternary nitrogens is 1. The van der Waals surface area contributed by atoms with Crippen molar-refractivity contribution in [2.24, 2.45) is 0 Å². The van der Waals surface area contributed by atoms with Crippen LogP contribution in [0.3, 0.4) is 0 Å². The second-order valence-electron chi connectivity index (χ2n) is 5.05. The molecule has 2 aromatic rings. The van der Waals surface area contributed by atoms with E-state index in [0.717, 1.165) is 11.3 Å². The van der Waals surface area contributed by atoms with Crippen molar-refractivity contribution >= 4 is 11.9 Å². The number of nitrogens with zero attached hydrogens (tertiary/aromatic N) is 1. The molecule has 1 amide bonds. The van der Waals surface area contributed by atoms with Gasteiger partial charge in [0.25, 0.3) is 5.91 Å². The maximum atomic E-state index is 12.1. The molecule has 0 aliphatic rings. The average Bonchev–Trinajstić information content (AvgIpc) is 3.00. The zero-order valence-corrected chi connectivity index (χ0v) is 12.0. The number of carbonyl (C=O) groups is 2. The van der Waals surface area contributed by atoms with E-state index in [2.05, 4.69) is 21.0 Å². The molecule has 0 bridgehead atoms. The van der Waals surface area contributed by atoms with Crippen molar-refractivity contribution in [2.75, 3.05) is 0 Å². The van der Waals surface area contributed by atoms with Crippen LogP contribution in [-0.4, -0.2) is 33.9 Å². The summed E-state index contributed by atoms with van der Waals surface area (Å²) in [5.41, 5.74) is 5.34. The summed E-state index contributed by atoms with van der Waals surface area (Å²) < 4.78 is 0. The summed E-state index contributed by atoms with van der Waals surface area (Å²) >= 11 is 0. The number of imidazole rings is 1. The first kappa shape index (κ1) is 15.7. The number of carboxylic acids is 1. The van der Waals surface area contributed by atoms with Gasteiger partial charge in [0.15, 0.2) is 6.04 Å². The first-order valence-electron chi connectivity index (χ1n) is 6.91. The molecule has 2 rings (SSSR count). The third-order valence-electron chi connectivity index (χ3n) is 3.28. The van der Waals surface area contributed by atoms with Gasteiger partial charge in [0.05, 0.1) is 24.8 Å². The third-order valence-corrected chi connectivity index (χ3v) is 3.28. The summed E-state index contributed by atoms with van der Waals surface area (Å²) in [7, 11) is 0. The summed E-state index contributed by atoms with van der Waals surface area (Å²) in [6.45, 7) is 0. The van der Waals surface area contributed by atoms with Crippen molar-refractivity contribution in [2.45, 2.75) is 24.9 Å². The van der Waals surface area contributed by atoms with Gasteiger partial charge in [-0.05, 0) is 12.0 Å². The van der Waals surface area contributed by atoms with E-state index in [0.29, 0.717) is 6.42 Å².